The minimum absolute atomic E-state index is 0.0227. The van der Waals surface area contributed by atoms with Crippen LogP contribution in [0, 0.1) is 0 Å². The van der Waals surface area contributed by atoms with Crippen LogP contribution >= 0.6 is 0 Å². The monoisotopic (exact) mass is 373 g/mol. The van der Waals surface area contributed by atoms with E-state index in [-0.39, 0.29) is 30.3 Å². The SMILES string of the molecule is CC(C(=O)N1CC(=O)Nc2ccccc21)N1CCN(C(C)(C)C(N)=O)CC1. The second-order valence-electron chi connectivity index (χ2n) is 7.61. The van der Waals surface area contributed by atoms with Crippen LogP contribution in [-0.4, -0.2) is 71.8 Å². The van der Waals surface area contributed by atoms with Crippen LogP contribution in [-0.2, 0) is 14.4 Å². The van der Waals surface area contributed by atoms with Gasteiger partial charge in [0, 0.05) is 26.2 Å². The molecule has 1 aromatic carbocycles. The summed E-state index contributed by atoms with van der Waals surface area (Å²) >= 11 is 0. The van der Waals surface area contributed by atoms with Crippen LogP contribution in [0.2, 0.25) is 0 Å². The van der Waals surface area contributed by atoms with Crippen molar-refractivity contribution in [1.82, 2.24) is 9.80 Å². The summed E-state index contributed by atoms with van der Waals surface area (Å²) in [6.45, 7) is 8.17. The molecule has 0 aromatic heterocycles. The normalized spacial score (nSPS) is 20.0. The Morgan fingerprint density at radius 1 is 1.15 bits per heavy atom. The Balaban J connectivity index is 1.69. The lowest BCUT2D eigenvalue weighted by Crippen LogP contribution is -2.62. The van der Waals surface area contributed by atoms with Gasteiger partial charge in [-0.3, -0.25) is 29.1 Å². The number of nitrogens with zero attached hydrogens (tertiary/aromatic N) is 3. The first kappa shape index (κ1) is 19.3. The number of nitrogens with two attached hydrogens (primary N) is 1. The summed E-state index contributed by atoms with van der Waals surface area (Å²) < 4.78 is 0. The molecule has 2 heterocycles. The average Bonchev–Trinajstić information content (AvgIpc) is 2.66. The lowest BCUT2D eigenvalue weighted by Gasteiger charge is -2.44. The van der Waals surface area contributed by atoms with Crippen molar-refractivity contribution in [3.8, 4) is 0 Å². The number of piperazine rings is 1. The molecule has 3 N–H and O–H groups in total. The largest absolute Gasteiger partial charge is 0.368 e. The lowest BCUT2D eigenvalue weighted by atomic mass is 10.0. The summed E-state index contributed by atoms with van der Waals surface area (Å²) in [6, 6.07) is 6.96. The third kappa shape index (κ3) is 3.68. The Hall–Kier alpha value is -2.45. The van der Waals surface area contributed by atoms with Crippen LogP contribution in [0.25, 0.3) is 0 Å². The zero-order valence-electron chi connectivity index (χ0n) is 16.1. The van der Waals surface area contributed by atoms with Gasteiger partial charge < -0.3 is 11.1 Å². The van der Waals surface area contributed by atoms with Crippen molar-refractivity contribution in [3.63, 3.8) is 0 Å². The number of fused-ring (bicyclic) bond motifs is 1. The fourth-order valence-corrected chi connectivity index (χ4v) is 3.64. The topological polar surface area (TPSA) is 99.0 Å². The Bertz CT molecular complexity index is 755. The highest BCUT2D eigenvalue weighted by Crippen LogP contribution is 2.30. The number of primary amides is 1. The Labute approximate surface area is 159 Å². The number of hydrogen-bond donors (Lipinski definition) is 2. The van der Waals surface area contributed by atoms with Gasteiger partial charge in [-0.25, -0.2) is 0 Å². The van der Waals surface area contributed by atoms with E-state index in [1.54, 1.807) is 11.0 Å². The van der Waals surface area contributed by atoms with Gasteiger partial charge in [-0.1, -0.05) is 12.1 Å². The predicted molar refractivity (Wildman–Crippen MR) is 103 cm³/mol. The number of rotatable bonds is 4. The number of carbonyl (C=O) groups excluding carboxylic acids is 3. The standard InChI is InChI=1S/C19H27N5O3/c1-13(22-8-10-23(11-9-22)19(2,3)18(20)27)17(26)24-12-16(25)21-14-6-4-5-7-15(14)24/h4-7,13H,8-12H2,1-3H3,(H2,20,27)(H,21,25). The van der Waals surface area contributed by atoms with Crippen LogP contribution < -0.4 is 16.0 Å². The molecule has 0 radical (unpaired) electrons. The van der Waals surface area contributed by atoms with Crippen molar-refractivity contribution < 1.29 is 14.4 Å². The molecule has 0 aliphatic carbocycles. The van der Waals surface area contributed by atoms with Crippen molar-refractivity contribution in [3.05, 3.63) is 24.3 Å². The maximum absolute atomic E-state index is 13.1. The molecule has 1 atom stereocenters. The molecule has 146 valence electrons. The molecule has 0 spiro atoms. The third-order valence-corrected chi connectivity index (χ3v) is 5.65. The number of para-hydroxylation sites is 2. The smallest absolute Gasteiger partial charge is 0.244 e. The zero-order valence-corrected chi connectivity index (χ0v) is 16.1. The molecule has 1 saturated heterocycles. The molecule has 0 saturated carbocycles. The summed E-state index contributed by atoms with van der Waals surface area (Å²) in [4.78, 5) is 42.5. The van der Waals surface area contributed by atoms with E-state index in [1.807, 2.05) is 43.9 Å². The Morgan fingerprint density at radius 2 is 1.78 bits per heavy atom. The lowest BCUT2D eigenvalue weighted by molar-refractivity contribution is -0.131. The van der Waals surface area contributed by atoms with Crippen LogP contribution in [0.1, 0.15) is 20.8 Å². The van der Waals surface area contributed by atoms with Crippen molar-refractivity contribution >= 4 is 29.1 Å². The van der Waals surface area contributed by atoms with E-state index in [0.717, 1.165) is 5.69 Å². The fourth-order valence-electron chi connectivity index (χ4n) is 3.64. The predicted octanol–water partition coefficient (Wildman–Crippen LogP) is 0.242. The zero-order chi connectivity index (χ0) is 19.8. The molecule has 1 fully saturated rings. The maximum Gasteiger partial charge on any atom is 0.244 e. The summed E-state index contributed by atoms with van der Waals surface area (Å²) in [5, 5.41) is 2.80. The molecule has 1 aromatic rings. The number of benzene rings is 1. The number of amides is 3. The van der Waals surface area contributed by atoms with Gasteiger partial charge in [0.25, 0.3) is 0 Å². The van der Waals surface area contributed by atoms with Gasteiger partial charge >= 0.3 is 0 Å². The molecule has 8 nitrogen and oxygen atoms in total. The molecule has 2 aliphatic heterocycles. The number of nitrogens with one attached hydrogen (secondary N) is 1. The van der Waals surface area contributed by atoms with Gasteiger partial charge in [0.05, 0.1) is 23.0 Å². The minimum atomic E-state index is -0.705. The molecular formula is C19H27N5O3. The number of anilines is 2. The molecule has 1 unspecified atom stereocenters. The van der Waals surface area contributed by atoms with Crippen LogP contribution in [0.4, 0.5) is 11.4 Å². The van der Waals surface area contributed by atoms with Gasteiger partial charge in [-0.05, 0) is 32.9 Å². The van der Waals surface area contributed by atoms with E-state index in [0.29, 0.717) is 31.9 Å². The number of hydrogen-bond acceptors (Lipinski definition) is 5. The highest BCUT2D eigenvalue weighted by atomic mass is 16.2. The third-order valence-electron chi connectivity index (χ3n) is 5.65. The molecule has 2 aliphatic rings. The van der Waals surface area contributed by atoms with Crippen molar-refractivity contribution in [2.75, 3.05) is 42.9 Å². The Morgan fingerprint density at radius 3 is 2.41 bits per heavy atom. The summed E-state index contributed by atoms with van der Waals surface area (Å²) in [5.74, 6) is -0.641. The van der Waals surface area contributed by atoms with Crippen LogP contribution in [0.15, 0.2) is 24.3 Å². The fraction of sp³-hybridized carbons (Fsp3) is 0.526. The summed E-state index contributed by atoms with van der Waals surface area (Å²) in [7, 11) is 0. The van der Waals surface area contributed by atoms with E-state index in [4.69, 9.17) is 5.73 Å². The molecule has 8 heteroatoms. The van der Waals surface area contributed by atoms with E-state index in [9.17, 15) is 14.4 Å². The van der Waals surface area contributed by atoms with Crippen molar-refractivity contribution in [2.45, 2.75) is 32.4 Å². The first-order chi connectivity index (χ1) is 12.7. The minimum Gasteiger partial charge on any atom is -0.368 e. The first-order valence-electron chi connectivity index (χ1n) is 9.21. The average molecular weight is 373 g/mol. The molecular weight excluding hydrogens is 346 g/mol. The number of carbonyl (C=O) groups is 3. The van der Waals surface area contributed by atoms with Crippen molar-refractivity contribution in [1.29, 1.82) is 0 Å². The van der Waals surface area contributed by atoms with Crippen LogP contribution in [0.3, 0.4) is 0 Å². The van der Waals surface area contributed by atoms with Gasteiger partial charge in [-0.2, -0.15) is 0 Å². The molecule has 3 amide bonds. The van der Waals surface area contributed by atoms with Gasteiger partial charge in [0.2, 0.25) is 17.7 Å². The van der Waals surface area contributed by atoms with Crippen LogP contribution in [0.5, 0.6) is 0 Å². The van der Waals surface area contributed by atoms with E-state index >= 15 is 0 Å². The van der Waals surface area contributed by atoms with E-state index < -0.39 is 5.54 Å². The van der Waals surface area contributed by atoms with Gasteiger partial charge in [0.1, 0.15) is 6.54 Å². The molecule has 0 bridgehead atoms. The first-order valence-corrected chi connectivity index (χ1v) is 9.21. The quantitative estimate of drug-likeness (QED) is 0.788. The van der Waals surface area contributed by atoms with E-state index in [1.165, 1.54) is 0 Å². The van der Waals surface area contributed by atoms with Gasteiger partial charge in [0.15, 0.2) is 0 Å². The van der Waals surface area contributed by atoms with E-state index in [2.05, 4.69) is 10.2 Å². The maximum atomic E-state index is 13.1. The highest BCUT2D eigenvalue weighted by Gasteiger charge is 2.38. The summed E-state index contributed by atoms with van der Waals surface area (Å²) in [5.41, 5.74) is 6.18. The molecule has 27 heavy (non-hydrogen) atoms. The Kier molecular flexibility index (Phi) is 5.21. The second-order valence-corrected chi connectivity index (χ2v) is 7.61. The van der Waals surface area contributed by atoms with Gasteiger partial charge in [-0.15, -0.1) is 0 Å². The van der Waals surface area contributed by atoms with Crippen molar-refractivity contribution in [2.24, 2.45) is 5.73 Å². The second kappa shape index (κ2) is 7.28. The summed E-state index contributed by atoms with van der Waals surface area (Å²) in [6.07, 6.45) is 0. The highest BCUT2D eigenvalue weighted by molar-refractivity contribution is 6.11. The molecule has 3 rings (SSSR count).